The van der Waals surface area contributed by atoms with Crippen LogP contribution in [0, 0.1) is 0 Å². The summed E-state index contributed by atoms with van der Waals surface area (Å²) in [6.07, 6.45) is 55.2. The monoisotopic (exact) mass is 797 g/mol. The van der Waals surface area contributed by atoms with Crippen molar-refractivity contribution in [3.63, 3.8) is 0 Å². The third-order valence-corrected chi connectivity index (χ3v) is 8.67. The van der Waals surface area contributed by atoms with Crippen LogP contribution in [0.2, 0.25) is 0 Å². The highest BCUT2D eigenvalue weighted by molar-refractivity contribution is 7.47. The van der Waals surface area contributed by atoms with Crippen LogP contribution < -0.4 is 5.73 Å². The van der Waals surface area contributed by atoms with Crippen molar-refractivity contribution in [2.75, 3.05) is 26.4 Å². The van der Waals surface area contributed by atoms with Crippen molar-refractivity contribution in [1.29, 1.82) is 0 Å². The Balaban J connectivity index is 4.31. The van der Waals surface area contributed by atoms with Crippen LogP contribution in [-0.4, -0.2) is 49.3 Å². The van der Waals surface area contributed by atoms with Crippen LogP contribution >= 0.6 is 7.82 Å². The van der Waals surface area contributed by atoms with Crippen molar-refractivity contribution >= 4 is 19.8 Å². The van der Waals surface area contributed by atoms with E-state index in [1.807, 2.05) is 36.5 Å². The second-order valence-electron chi connectivity index (χ2n) is 12.8. The van der Waals surface area contributed by atoms with Crippen LogP contribution in [0.25, 0.3) is 0 Å². The maximum absolute atomic E-state index is 12.5. The summed E-state index contributed by atoms with van der Waals surface area (Å²) in [5.41, 5.74) is 5.33. The van der Waals surface area contributed by atoms with E-state index in [0.717, 1.165) is 83.5 Å². The van der Waals surface area contributed by atoms with E-state index in [0.29, 0.717) is 12.8 Å². The number of carbonyl (C=O) groups is 2. The lowest BCUT2D eigenvalue weighted by molar-refractivity contribution is -0.161. The molecule has 2 atom stereocenters. The highest BCUT2D eigenvalue weighted by Crippen LogP contribution is 2.43. The summed E-state index contributed by atoms with van der Waals surface area (Å²) < 4.78 is 32.6. The van der Waals surface area contributed by atoms with Gasteiger partial charge in [-0.25, -0.2) is 4.57 Å². The number of ether oxygens (including phenoxy) is 2. The third-order valence-electron chi connectivity index (χ3n) is 7.69. The molecule has 0 aliphatic carbocycles. The number of nitrogens with two attached hydrogens (primary N) is 1. The third kappa shape index (κ3) is 40.1. The van der Waals surface area contributed by atoms with Gasteiger partial charge in [0, 0.05) is 19.4 Å². The highest BCUT2D eigenvalue weighted by Gasteiger charge is 2.25. The Hall–Kier alpha value is -3.59. The number of phosphoric ester groups is 1. The normalized spacial score (nSPS) is 14.6. The van der Waals surface area contributed by atoms with Crippen molar-refractivity contribution in [3.05, 3.63) is 122 Å². The predicted molar refractivity (Wildman–Crippen MR) is 233 cm³/mol. The van der Waals surface area contributed by atoms with Gasteiger partial charge in [-0.15, -0.1) is 0 Å². The summed E-state index contributed by atoms with van der Waals surface area (Å²) in [7, 11) is -4.40. The molecular weight excluding hydrogens is 725 g/mol. The van der Waals surface area contributed by atoms with E-state index in [2.05, 4.69) is 98.9 Å². The first-order valence-corrected chi connectivity index (χ1v) is 22.1. The van der Waals surface area contributed by atoms with Gasteiger partial charge in [-0.3, -0.25) is 18.6 Å². The molecule has 0 aliphatic heterocycles. The van der Waals surface area contributed by atoms with Gasteiger partial charge in [0.1, 0.15) is 6.61 Å². The zero-order valence-electron chi connectivity index (χ0n) is 34.3. The quantitative estimate of drug-likeness (QED) is 0.0209. The van der Waals surface area contributed by atoms with E-state index >= 15 is 0 Å². The Labute approximate surface area is 339 Å². The SMILES string of the molecule is CC/C=C/C=C/C=C/C=C/CCCCCC(=O)OC(COC(=O)CCCCC/C=C/C/C=C/C/C=C/C/C=C/C/C=C/C/C=C/CC)COP(=O)(O)OCCN. The predicted octanol–water partition coefficient (Wildman–Crippen LogP) is 11.8. The Morgan fingerprint density at radius 3 is 1.55 bits per heavy atom. The summed E-state index contributed by atoms with van der Waals surface area (Å²) in [4.78, 5) is 34.8. The van der Waals surface area contributed by atoms with Crippen molar-refractivity contribution < 1.29 is 37.6 Å². The molecule has 0 radical (unpaired) electrons. The van der Waals surface area contributed by atoms with Crippen LogP contribution in [0.1, 0.15) is 123 Å². The molecule has 56 heavy (non-hydrogen) atoms. The molecule has 0 aromatic rings. The zero-order valence-corrected chi connectivity index (χ0v) is 35.2. The van der Waals surface area contributed by atoms with Crippen LogP contribution in [0.3, 0.4) is 0 Å². The summed E-state index contributed by atoms with van der Waals surface area (Å²) in [6.45, 7) is 3.34. The topological polar surface area (TPSA) is 134 Å². The molecule has 0 saturated heterocycles. The summed E-state index contributed by atoms with van der Waals surface area (Å²) >= 11 is 0. The molecule has 10 heteroatoms. The van der Waals surface area contributed by atoms with Gasteiger partial charge in [0.15, 0.2) is 6.10 Å². The summed E-state index contributed by atoms with van der Waals surface area (Å²) in [5, 5.41) is 0. The zero-order chi connectivity index (χ0) is 41.1. The van der Waals surface area contributed by atoms with Gasteiger partial charge in [0.25, 0.3) is 0 Å². The van der Waals surface area contributed by atoms with E-state index < -0.39 is 32.5 Å². The average Bonchev–Trinajstić information content (AvgIpc) is 3.18. The number of phosphoric acid groups is 1. The Morgan fingerprint density at radius 2 is 1.02 bits per heavy atom. The molecular formula is C46H72NO8P. The van der Waals surface area contributed by atoms with Crippen LogP contribution in [-0.2, 0) is 32.7 Å². The van der Waals surface area contributed by atoms with Gasteiger partial charge in [0.05, 0.1) is 13.2 Å². The fourth-order valence-corrected chi connectivity index (χ4v) is 5.47. The van der Waals surface area contributed by atoms with Crippen molar-refractivity contribution in [3.8, 4) is 0 Å². The number of allylic oxidation sites excluding steroid dienone is 20. The van der Waals surface area contributed by atoms with Gasteiger partial charge in [0.2, 0.25) is 0 Å². The van der Waals surface area contributed by atoms with E-state index in [1.165, 1.54) is 0 Å². The van der Waals surface area contributed by atoms with Gasteiger partial charge in [-0.2, -0.15) is 0 Å². The lowest BCUT2D eigenvalue weighted by atomic mass is 10.1. The molecule has 0 fully saturated rings. The van der Waals surface area contributed by atoms with E-state index in [9.17, 15) is 19.0 Å². The fourth-order valence-electron chi connectivity index (χ4n) is 4.70. The second-order valence-corrected chi connectivity index (χ2v) is 14.3. The molecule has 314 valence electrons. The molecule has 0 aromatic carbocycles. The number of hydrogen-bond acceptors (Lipinski definition) is 8. The lowest BCUT2D eigenvalue weighted by Crippen LogP contribution is -2.29. The molecule has 3 N–H and O–H groups in total. The van der Waals surface area contributed by atoms with Crippen molar-refractivity contribution in [2.24, 2.45) is 5.73 Å². The first-order valence-electron chi connectivity index (χ1n) is 20.6. The Morgan fingerprint density at radius 1 is 0.554 bits per heavy atom. The minimum Gasteiger partial charge on any atom is -0.462 e. The molecule has 0 saturated carbocycles. The van der Waals surface area contributed by atoms with E-state index in [-0.39, 0.29) is 32.6 Å². The average molecular weight is 798 g/mol. The van der Waals surface area contributed by atoms with Gasteiger partial charge in [-0.05, 0) is 83.5 Å². The van der Waals surface area contributed by atoms with E-state index in [4.69, 9.17) is 24.3 Å². The minimum atomic E-state index is -4.40. The van der Waals surface area contributed by atoms with Crippen LogP contribution in [0.4, 0.5) is 0 Å². The number of hydrogen-bond donors (Lipinski definition) is 2. The van der Waals surface area contributed by atoms with Gasteiger partial charge < -0.3 is 20.1 Å². The standard InChI is InChI=1S/C46H72NO8P/c1-3-5-7-9-11-13-15-17-18-19-20-21-22-23-24-25-27-28-30-32-34-36-38-45(48)52-42-44(43-54-56(50,51)53-41-40-47)55-46(49)39-37-35-33-31-29-26-16-14-12-10-8-6-4-2/h5-8,10-14,16-18,20-21,23-24,26-29,44H,3-4,9,15,19,22,25,30-43,47H2,1-2H3,(H,50,51)/b7-5+,8-6+,12-10+,13-11+,16-14+,18-17+,21-20+,24-23+,28-27+,29-26+. The number of esters is 2. The first kappa shape index (κ1) is 52.4. The van der Waals surface area contributed by atoms with Crippen LogP contribution in [0.15, 0.2) is 122 Å². The number of rotatable bonds is 36. The summed E-state index contributed by atoms with van der Waals surface area (Å²) in [5.74, 6) is -0.930. The molecule has 0 heterocycles. The molecule has 0 rings (SSSR count). The molecule has 0 spiro atoms. The molecule has 0 bridgehead atoms. The number of unbranched alkanes of at least 4 members (excludes halogenated alkanes) is 6. The maximum Gasteiger partial charge on any atom is 0.472 e. The molecule has 9 nitrogen and oxygen atoms in total. The smallest absolute Gasteiger partial charge is 0.462 e. The molecule has 0 aromatic heterocycles. The summed E-state index contributed by atoms with van der Waals surface area (Å²) in [6, 6.07) is 0. The Bertz CT molecular complexity index is 1320. The molecule has 0 amide bonds. The van der Waals surface area contributed by atoms with Crippen LogP contribution in [0.5, 0.6) is 0 Å². The molecule has 0 aliphatic rings. The fraction of sp³-hybridized carbons (Fsp3) is 0.522. The van der Waals surface area contributed by atoms with Gasteiger partial charge >= 0.3 is 19.8 Å². The first-order chi connectivity index (χ1) is 27.3. The second kappa shape index (κ2) is 41.1. The Kier molecular flexibility index (Phi) is 38.4. The highest BCUT2D eigenvalue weighted by atomic mass is 31.2. The molecule has 2 unspecified atom stereocenters. The maximum atomic E-state index is 12.5. The number of carbonyl (C=O) groups excluding carboxylic acids is 2. The minimum absolute atomic E-state index is 0.0338. The van der Waals surface area contributed by atoms with Crippen molar-refractivity contribution in [1.82, 2.24) is 0 Å². The lowest BCUT2D eigenvalue weighted by Gasteiger charge is -2.19. The largest absolute Gasteiger partial charge is 0.472 e. The van der Waals surface area contributed by atoms with Gasteiger partial charge in [-0.1, -0.05) is 148 Å². The van der Waals surface area contributed by atoms with E-state index in [1.54, 1.807) is 0 Å². The van der Waals surface area contributed by atoms with Crippen molar-refractivity contribution in [2.45, 2.75) is 129 Å².